The van der Waals surface area contributed by atoms with Gasteiger partial charge in [-0.3, -0.25) is 9.59 Å². The molecule has 1 aliphatic rings. The van der Waals surface area contributed by atoms with E-state index in [0.717, 1.165) is 5.56 Å². The van der Waals surface area contributed by atoms with Crippen LogP contribution in [0.15, 0.2) is 72.0 Å². The lowest BCUT2D eigenvalue weighted by Crippen LogP contribution is -2.32. The van der Waals surface area contributed by atoms with Crippen LogP contribution in [-0.2, 0) is 14.3 Å². The van der Waals surface area contributed by atoms with Crippen LogP contribution in [0.1, 0.15) is 23.6 Å². The minimum atomic E-state index is -0.697. The summed E-state index contributed by atoms with van der Waals surface area (Å²) in [5, 5.41) is 10.6. The Balaban J connectivity index is 1.97. The molecule has 0 spiro atoms. The Morgan fingerprint density at radius 3 is 2.60 bits per heavy atom. The molecule has 2 aromatic rings. The van der Waals surface area contributed by atoms with Crippen molar-refractivity contribution < 1.29 is 24.2 Å². The SMILES string of the molecule is COCCCN1C(=O)C(O)=C(C(=O)C=Cc2ccccc2)C1c1cccc(OC)c1. The van der Waals surface area contributed by atoms with E-state index >= 15 is 0 Å². The molecule has 1 amide bonds. The minimum absolute atomic E-state index is 0.0675. The lowest BCUT2D eigenvalue weighted by Gasteiger charge is -2.26. The lowest BCUT2D eigenvalue weighted by molar-refractivity contribution is -0.129. The number of methoxy groups -OCH3 is 2. The average Bonchev–Trinajstić information content (AvgIpc) is 3.03. The van der Waals surface area contributed by atoms with Gasteiger partial charge < -0.3 is 19.5 Å². The molecular weight excluding hydrogens is 382 g/mol. The number of allylic oxidation sites excluding steroid dienone is 1. The fourth-order valence-electron chi connectivity index (χ4n) is 3.50. The molecule has 0 radical (unpaired) electrons. The van der Waals surface area contributed by atoms with E-state index in [1.54, 1.807) is 38.5 Å². The van der Waals surface area contributed by atoms with E-state index in [9.17, 15) is 14.7 Å². The third-order valence-electron chi connectivity index (χ3n) is 4.95. The highest BCUT2D eigenvalue weighted by Crippen LogP contribution is 2.39. The van der Waals surface area contributed by atoms with Crippen LogP contribution in [0.25, 0.3) is 6.08 Å². The number of aliphatic hydroxyl groups is 1. The molecule has 0 fully saturated rings. The summed E-state index contributed by atoms with van der Waals surface area (Å²) in [5.74, 6) is -0.875. The van der Waals surface area contributed by atoms with Crippen LogP contribution in [-0.4, -0.2) is 49.1 Å². The van der Waals surface area contributed by atoms with Gasteiger partial charge in [-0.05, 0) is 35.8 Å². The predicted octanol–water partition coefficient (Wildman–Crippen LogP) is 3.71. The fourth-order valence-corrected chi connectivity index (χ4v) is 3.50. The first kappa shape index (κ1) is 21.3. The Morgan fingerprint density at radius 2 is 1.90 bits per heavy atom. The zero-order chi connectivity index (χ0) is 21.5. The summed E-state index contributed by atoms with van der Waals surface area (Å²) in [6.45, 7) is 0.810. The van der Waals surface area contributed by atoms with Crippen molar-refractivity contribution in [2.24, 2.45) is 0 Å². The number of hydrogen-bond acceptors (Lipinski definition) is 5. The molecule has 6 heteroatoms. The highest BCUT2D eigenvalue weighted by Gasteiger charge is 2.42. The summed E-state index contributed by atoms with van der Waals surface area (Å²) < 4.78 is 10.4. The number of ether oxygens (including phenoxy) is 2. The topological polar surface area (TPSA) is 76.1 Å². The van der Waals surface area contributed by atoms with Gasteiger partial charge in [0.1, 0.15) is 5.75 Å². The smallest absolute Gasteiger partial charge is 0.290 e. The van der Waals surface area contributed by atoms with Crippen molar-refractivity contribution in [3.63, 3.8) is 0 Å². The van der Waals surface area contributed by atoms with Crippen molar-refractivity contribution in [2.45, 2.75) is 12.5 Å². The van der Waals surface area contributed by atoms with Gasteiger partial charge >= 0.3 is 0 Å². The maximum Gasteiger partial charge on any atom is 0.290 e. The summed E-state index contributed by atoms with van der Waals surface area (Å²) in [5.41, 5.74) is 1.61. The third-order valence-corrected chi connectivity index (χ3v) is 4.95. The molecule has 156 valence electrons. The van der Waals surface area contributed by atoms with Crippen molar-refractivity contribution in [3.05, 3.63) is 83.1 Å². The second-order valence-corrected chi connectivity index (χ2v) is 6.89. The fraction of sp³-hybridized carbons (Fsp3) is 0.250. The van der Waals surface area contributed by atoms with Crippen LogP contribution in [0.3, 0.4) is 0 Å². The number of ketones is 1. The van der Waals surface area contributed by atoms with Crippen LogP contribution >= 0.6 is 0 Å². The first-order chi connectivity index (χ1) is 14.6. The van der Waals surface area contributed by atoms with E-state index < -0.39 is 23.5 Å². The van der Waals surface area contributed by atoms with E-state index in [-0.39, 0.29) is 5.57 Å². The molecule has 1 unspecified atom stereocenters. The van der Waals surface area contributed by atoms with Crippen LogP contribution in [0.4, 0.5) is 0 Å². The maximum absolute atomic E-state index is 13.0. The van der Waals surface area contributed by atoms with Crippen molar-refractivity contribution in [3.8, 4) is 5.75 Å². The third kappa shape index (κ3) is 4.60. The molecule has 30 heavy (non-hydrogen) atoms. The summed E-state index contributed by atoms with van der Waals surface area (Å²) in [6, 6.07) is 15.8. The van der Waals surface area contributed by atoms with Gasteiger partial charge in [-0.2, -0.15) is 0 Å². The molecule has 1 atom stereocenters. The molecule has 3 rings (SSSR count). The Bertz CT molecular complexity index is 965. The van der Waals surface area contributed by atoms with Gasteiger partial charge in [-0.1, -0.05) is 48.5 Å². The molecule has 1 aliphatic heterocycles. The Labute approximate surface area is 176 Å². The number of benzene rings is 2. The van der Waals surface area contributed by atoms with E-state index in [4.69, 9.17) is 9.47 Å². The Kier molecular flexibility index (Phi) is 7.03. The molecule has 6 nitrogen and oxygen atoms in total. The summed E-state index contributed by atoms with van der Waals surface area (Å²) in [7, 11) is 3.14. The van der Waals surface area contributed by atoms with Crippen LogP contribution < -0.4 is 4.74 Å². The quantitative estimate of drug-likeness (QED) is 0.507. The number of carbonyl (C=O) groups excluding carboxylic acids is 2. The van der Waals surface area contributed by atoms with Crippen LogP contribution in [0.5, 0.6) is 5.75 Å². The van der Waals surface area contributed by atoms with Crippen molar-refractivity contribution in [1.29, 1.82) is 0 Å². The lowest BCUT2D eigenvalue weighted by atomic mass is 9.95. The van der Waals surface area contributed by atoms with E-state index in [0.29, 0.717) is 30.9 Å². The zero-order valence-electron chi connectivity index (χ0n) is 17.1. The zero-order valence-corrected chi connectivity index (χ0v) is 17.1. The number of hydrogen-bond donors (Lipinski definition) is 1. The number of amides is 1. The number of rotatable bonds is 9. The number of nitrogens with zero attached hydrogens (tertiary/aromatic N) is 1. The molecule has 0 aliphatic carbocycles. The van der Waals surface area contributed by atoms with Crippen molar-refractivity contribution in [1.82, 2.24) is 4.90 Å². The highest BCUT2D eigenvalue weighted by atomic mass is 16.5. The second-order valence-electron chi connectivity index (χ2n) is 6.89. The second kappa shape index (κ2) is 9.89. The Hall–Kier alpha value is -3.38. The van der Waals surface area contributed by atoms with Gasteiger partial charge in [0, 0.05) is 20.3 Å². The maximum atomic E-state index is 13.0. The van der Waals surface area contributed by atoms with Gasteiger partial charge in [0.25, 0.3) is 5.91 Å². The normalized spacial score (nSPS) is 16.5. The molecule has 1 N–H and O–H groups in total. The molecule has 0 bridgehead atoms. The number of carbonyl (C=O) groups is 2. The minimum Gasteiger partial charge on any atom is -0.503 e. The first-order valence-corrected chi connectivity index (χ1v) is 9.71. The van der Waals surface area contributed by atoms with Crippen molar-refractivity contribution in [2.75, 3.05) is 27.4 Å². The standard InChI is InChI=1S/C24H25NO5/c1-29-15-7-14-25-22(18-10-6-11-19(16-18)30-2)21(23(27)24(25)28)20(26)13-12-17-8-4-3-5-9-17/h3-6,8-13,16,22,27H,7,14-15H2,1-2H3. The monoisotopic (exact) mass is 407 g/mol. The van der Waals surface area contributed by atoms with E-state index in [1.165, 1.54) is 11.0 Å². The molecule has 1 heterocycles. The van der Waals surface area contributed by atoms with Gasteiger partial charge in [0.15, 0.2) is 11.5 Å². The van der Waals surface area contributed by atoms with Gasteiger partial charge in [-0.25, -0.2) is 0 Å². The summed E-state index contributed by atoms with van der Waals surface area (Å²) in [4.78, 5) is 27.4. The van der Waals surface area contributed by atoms with Crippen LogP contribution in [0, 0.1) is 0 Å². The van der Waals surface area contributed by atoms with Crippen LogP contribution in [0.2, 0.25) is 0 Å². The average molecular weight is 407 g/mol. The summed E-state index contributed by atoms with van der Waals surface area (Å²) >= 11 is 0. The summed E-state index contributed by atoms with van der Waals surface area (Å²) in [6.07, 6.45) is 3.64. The molecule has 0 aromatic heterocycles. The highest BCUT2D eigenvalue weighted by molar-refractivity contribution is 6.14. The molecule has 2 aromatic carbocycles. The molecule has 0 saturated carbocycles. The molecule has 0 saturated heterocycles. The van der Waals surface area contributed by atoms with Gasteiger partial charge in [0.2, 0.25) is 0 Å². The van der Waals surface area contributed by atoms with Gasteiger partial charge in [-0.15, -0.1) is 0 Å². The van der Waals surface area contributed by atoms with Gasteiger partial charge in [0.05, 0.1) is 18.7 Å². The van der Waals surface area contributed by atoms with E-state index in [2.05, 4.69) is 0 Å². The molecular formula is C24H25NO5. The number of aliphatic hydroxyl groups excluding tert-OH is 1. The predicted molar refractivity (Wildman–Crippen MR) is 114 cm³/mol. The first-order valence-electron chi connectivity index (χ1n) is 9.71. The Morgan fingerprint density at radius 1 is 1.13 bits per heavy atom. The van der Waals surface area contributed by atoms with Crippen molar-refractivity contribution >= 4 is 17.8 Å². The van der Waals surface area contributed by atoms with E-state index in [1.807, 2.05) is 36.4 Å². The largest absolute Gasteiger partial charge is 0.503 e.